The lowest BCUT2D eigenvalue weighted by Crippen LogP contribution is -2.36. The van der Waals surface area contributed by atoms with Crippen LogP contribution >= 0.6 is 0 Å². The third kappa shape index (κ3) is 5.01. The van der Waals surface area contributed by atoms with Crippen molar-refractivity contribution in [3.8, 4) is 5.95 Å². The van der Waals surface area contributed by atoms with Crippen LogP contribution in [0, 0.1) is 12.8 Å². The molecule has 13 heteroatoms. The molecule has 1 amide bonds. The maximum Gasteiger partial charge on any atom is 0.451 e. The van der Waals surface area contributed by atoms with Crippen molar-refractivity contribution in [3.63, 3.8) is 0 Å². The number of H-pyrrole nitrogens is 1. The Bertz CT molecular complexity index is 828. The second-order valence-electron chi connectivity index (χ2n) is 6.16. The van der Waals surface area contributed by atoms with Crippen molar-refractivity contribution >= 4 is 11.9 Å². The van der Waals surface area contributed by atoms with Crippen LogP contribution in [0.2, 0.25) is 0 Å². The minimum Gasteiger partial charge on any atom is -0.481 e. The van der Waals surface area contributed by atoms with Crippen molar-refractivity contribution in [2.45, 2.75) is 33.4 Å². The number of aromatic nitrogens is 6. The fraction of sp³-hybridized carbons (Fsp3) is 0.571. The molecule has 0 aromatic carbocycles. The van der Waals surface area contributed by atoms with Crippen LogP contribution in [0.1, 0.15) is 42.5 Å². The lowest BCUT2D eigenvalue weighted by Gasteiger charge is -2.22. The maximum atomic E-state index is 12.6. The molecule has 27 heavy (non-hydrogen) atoms. The third-order valence-corrected chi connectivity index (χ3v) is 3.36. The Labute approximate surface area is 151 Å². The van der Waals surface area contributed by atoms with Crippen LogP contribution < -0.4 is 0 Å². The number of aliphatic carboxylic acids is 1. The second-order valence-corrected chi connectivity index (χ2v) is 6.16. The number of alkyl halides is 3. The Balaban J connectivity index is 2.28. The largest absolute Gasteiger partial charge is 0.481 e. The van der Waals surface area contributed by atoms with Gasteiger partial charge in [-0.1, -0.05) is 13.8 Å². The number of aromatic amines is 1. The van der Waals surface area contributed by atoms with E-state index in [-0.39, 0.29) is 37.1 Å². The molecule has 0 saturated carbocycles. The molecule has 0 radical (unpaired) electrons. The average Bonchev–Trinajstić information content (AvgIpc) is 3.16. The summed E-state index contributed by atoms with van der Waals surface area (Å²) in [7, 11) is 0. The lowest BCUT2D eigenvalue weighted by molar-refractivity contribution is -0.144. The van der Waals surface area contributed by atoms with E-state index in [9.17, 15) is 22.8 Å². The lowest BCUT2D eigenvalue weighted by atomic mass is 10.2. The summed E-state index contributed by atoms with van der Waals surface area (Å²) >= 11 is 0. The third-order valence-electron chi connectivity index (χ3n) is 3.36. The number of rotatable bonds is 7. The number of halogens is 3. The summed E-state index contributed by atoms with van der Waals surface area (Å²) in [5, 5.41) is 17.9. The van der Waals surface area contributed by atoms with Gasteiger partial charge in [0, 0.05) is 13.1 Å². The van der Waals surface area contributed by atoms with Crippen LogP contribution in [0.3, 0.4) is 0 Å². The zero-order valence-corrected chi connectivity index (χ0v) is 14.8. The van der Waals surface area contributed by atoms with Crippen molar-refractivity contribution in [3.05, 3.63) is 17.5 Å². The van der Waals surface area contributed by atoms with Gasteiger partial charge in [-0.2, -0.15) is 22.8 Å². The minimum absolute atomic E-state index is 0.0428. The Hall–Kier alpha value is -2.99. The standard InChI is InChI=1S/C14H18F3N7O3/c1-7(2)6-23(5-4-9(25)26)11(27)10-18-8(3)24(22-10)13-19-12(20-21-13)14(15,16)17/h7H,4-6H2,1-3H3,(H,25,26)(H,19,20,21). The van der Waals surface area contributed by atoms with Gasteiger partial charge >= 0.3 is 12.1 Å². The van der Waals surface area contributed by atoms with Crippen molar-refractivity contribution in [1.29, 1.82) is 0 Å². The molecule has 0 aliphatic carbocycles. The summed E-state index contributed by atoms with van der Waals surface area (Å²) in [6, 6.07) is 0. The first-order chi connectivity index (χ1) is 12.5. The van der Waals surface area contributed by atoms with Gasteiger partial charge in [-0.3, -0.25) is 14.7 Å². The van der Waals surface area contributed by atoms with E-state index in [0.29, 0.717) is 0 Å². The Morgan fingerprint density at radius 1 is 1.30 bits per heavy atom. The number of nitrogens with one attached hydrogen (secondary N) is 1. The molecule has 10 nitrogen and oxygen atoms in total. The number of carbonyl (C=O) groups excluding carboxylic acids is 1. The van der Waals surface area contributed by atoms with E-state index in [1.165, 1.54) is 11.8 Å². The van der Waals surface area contributed by atoms with E-state index in [0.717, 1.165) is 4.68 Å². The van der Waals surface area contributed by atoms with Crippen molar-refractivity contribution < 1.29 is 27.9 Å². The van der Waals surface area contributed by atoms with E-state index in [4.69, 9.17) is 5.11 Å². The SMILES string of the molecule is Cc1nc(C(=O)N(CCC(=O)O)CC(C)C)nn1-c1n[nH]c(C(F)(F)F)n1. The van der Waals surface area contributed by atoms with Crippen LogP contribution in [0.5, 0.6) is 0 Å². The number of nitrogens with zero attached hydrogens (tertiary/aromatic N) is 6. The quantitative estimate of drug-likeness (QED) is 0.730. The minimum atomic E-state index is -4.71. The molecule has 2 aromatic rings. The Kier molecular flexibility index (Phi) is 5.81. The summed E-state index contributed by atoms with van der Waals surface area (Å²) in [6.45, 7) is 5.37. The van der Waals surface area contributed by atoms with E-state index in [2.05, 4.69) is 20.2 Å². The van der Waals surface area contributed by atoms with Crippen LogP contribution in [-0.2, 0) is 11.0 Å². The molecule has 0 fully saturated rings. The molecule has 0 saturated heterocycles. The van der Waals surface area contributed by atoms with Gasteiger partial charge in [-0.05, 0) is 12.8 Å². The molecule has 2 heterocycles. The summed E-state index contributed by atoms with van der Waals surface area (Å²) in [5.41, 5.74) is 0. The first-order valence-corrected chi connectivity index (χ1v) is 7.93. The van der Waals surface area contributed by atoms with Crippen LogP contribution in [-0.4, -0.2) is 64.9 Å². The molecule has 2 rings (SSSR count). The first-order valence-electron chi connectivity index (χ1n) is 7.93. The molecule has 0 spiro atoms. The highest BCUT2D eigenvalue weighted by Crippen LogP contribution is 2.26. The van der Waals surface area contributed by atoms with Gasteiger partial charge in [0.1, 0.15) is 5.82 Å². The Morgan fingerprint density at radius 3 is 2.48 bits per heavy atom. The highest BCUT2D eigenvalue weighted by atomic mass is 19.4. The highest BCUT2D eigenvalue weighted by molar-refractivity contribution is 5.90. The Morgan fingerprint density at radius 2 is 1.96 bits per heavy atom. The summed E-state index contributed by atoms with van der Waals surface area (Å²) in [5.74, 6) is -3.51. The predicted molar refractivity (Wildman–Crippen MR) is 84.0 cm³/mol. The van der Waals surface area contributed by atoms with Gasteiger partial charge in [-0.15, -0.1) is 10.2 Å². The van der Waals surface area contributed by atoms with Gasteiger partial charge in [-0.25, -0.2) is 4.98 Å². The molecular formula is C14H18F3N7O3. The topological polar surface area (TPSA) is 130 Å². The number of carboxylic acids is 1. The number of carboxylic acid groups (broad SMARTS) is 1. The van der Waals surface area contributed by atoms with Crippen molar-refractivity contribution in [2.24, 2.45) is 5.92 Å². The number of hydrogen-bond acceptors (Lipinski definition) is 6. The molecular weight excluding hydrogens is 371 g/mol. The van der Waals surface area contributed by atoms with Gasteiger partial charge in [0.15, 0.2) is 0 Å². The summed E-state index contributed by atoms with van der Waals surface area (Å²) in [4.78, 5) is 32.0. The van der Waals surface area contributed by atoms with Gasteiger partial charge in [0.25, 0.3) is 11.9 Å². The molecule has 2 N–H and O–H groups in total. The van der Waals surface area contributed by atoms with Gasteiger partial charge < -0.3 is 10.0 Å². The molecule has 0 aliphatic heterocycles. The molecule has 0 aliphatic rings. The van der Waals surface area contributed by atoms with E-state index >= 15 is 0 Å². The zero-order chi connectivity index (χ0) is 20.4. The van der Waals surface area contributed by atoms with Crippen molar-refractivity contribution in [2.75, 3.05) is 13.1 Å². The summed E-state index contributed by atoms with van der Waals surface area (Å²) < 4.78 is 38.8. The molecule has 0 atom stereocenters. The molecule has 2 aromatic heterocycles. The number of aryl methyl sites for hydroxylation is 1. The molecule has 0 unspecified atom stereocenters. The fourth-order valence-electron chi connectivity index (χ4n) is 2.23. The van der Waals surface area contributed by atoms with Crippen LogP contribution in [0.15, 0.2) is 0 Å². The normalized spacial score (nSPS) is 11.8. The van der Waals surface area contributed by atoms with Crippen LogP contribution in [0.25, 0.3) is 5.95 Å². The summed E-state index contributed by atoms with van der Waals surface area (Å²) in [6.07, 6.45) is -4.96. The number of amides is 1. The van der Waals surface area contributed by atoms with E-state index in [1.54, 1.807) is 5.10 Å². The highest BCUT2D eigenvalue weighted by Gasteiger charge is 2.36. The van der Waals surface area contributed by atoms with Crippen LogP contribution in [0.4, 0.5) is 13.2 Å². The monoisotopic (exact) mass is 389 g/mol. The van der Waals surface area contributed by atoms with E-state index < -0.39 is 29.8 Å². The second kappa shape index (κ2) is 7.72. The first kappa shape index (κ1) is 20.3. The number of carbonyl (C=O) groups is 2. The smallest absolute Gasteiger partial charge is 0.451 e. The van der Waals surface area contributed by atoms with Gasteiger partial charge in [0.2, 0.25) is 11.6 Å². The molecule has 148 valence electrons. The fourth-order valence-corrected chi connectivity index (χ4v) is 2.23. The van der Waals surface area contributed by atoms with Crippen molar-refractivity contribution in [1.82, 2.24) is 34.8 Å². The van der Waals surface area contributed by atoms with Gasteiger partial charge in [0.05, 0.1) is 6.42 Å². The number of hydrogen-bond donors (Lipinski definition) is 2. The molecule has 0 bridgehead atoms. The predicted octanol–water partition coefficient (Wildman–Crippen LogP) is 1.29. The average molecular weight is 389 g/mol. The zero-order valence-electron chi connectivity index (χ0n) is 14.8. The van der Waals surface area contributed by atoms with E-state index in [1.807, 2.05) is 13.8 Å². The maximum absolute atomic E-state index is 12.6.